The van der Waals surface area contributed by atoms with Crippen LogP contribution in [0.25, 0.3) is 0 Å². The number of esters is 1. The third-order valence-corrected chi connectivity index (χ3v) is 4.64. The minimum atomic E-state index is -0.292. The van der Waals surface area contributed by atoms with Crippen LogP contribution in [0, 0.1) is 0 Å². The number of hydrogen-bond donors (Lipinski definition) is 1. The smallest absolute Gasteiger partial charge is 0.311 e. The maximum atomic E-state index is 12.3. The number of anilines is 1. The summed E-state index contributed by atoms with van der Waals surface area (Å²) in [6, 6.07) is 24.1. The molecule has 3 aromatic carbocycles. The van der Waals surface area contributed by atoms with Gasteiger partial charge in [-0.2, -0.15) is 0 Å². The first-order valence-electron chi connectivity index (χ1n) is 9.77. The SMILES string of the molecule is CC(C)c1ccc(CCC(=O)Oc2ccc(C(=O)Nc3ccccc3)cc2)cc1. The average molecular weight is 387 g/mol. The van der Waals surface area contributed by atoms with Gasteiger partial charge in [0.05, 0.1) is 0 Å². The zero-order valence-electron chi connectivity index (χ0n) is 16.7. The number of rotatable bonds is 7. The van der Waals surface area contributed by atoms with E-state index in [4.69, 9.17) is 4.74 Å². The first-order valence-corrected chi connectivity index (χ1v) is 9.77. The Kier molecular flexibility index (Phi) is 6.80. The molecule has 148 valence electrons. The summed E-state index contributed by atoms with van der Waals surface area (Å²) in [6.07, 6.45) is 0.937. The zero-order valence-corrected chi connectivity index (χ0v) is 16.7. The van der Waals surface area contributed by atoms with E-state index in [1.807, 2.05) is 30.3 Å². The van der Waals surface area contributed by atoms with Crippen LogP contribution in [-0.4, -0.2) is 11.9 Å². The van der Waals surface area contributed by atoms with Gasteiger partial charge in [-0.05, 0) is 59.9 Å². The molecule has 0 aromatic heterocycles. The van der Waals surface area contributed by atoms with Crippen molar-refractivity contribution in [1.82, 2.24) is 0 Å². The van der Waals surface area contributed by atoms with Crippen molar-refractivity contribution in [2.24, 2.45) is 0 Å². The average Bonchev–Trinajstić information content (AvgIpc) is 2.74. The fourth-order valence-electron chi connectivity index (χ4n) is 2.90. The number of aryl methyl sites for hydroxylation is 1. The molecule has 0 atom stereocenters. The Balaban J connectivity index is 1.49. The molecular formula is C25H25NO3. The number of carbonyl (C=O) groups excluding carboxylic acids is 2. The highest BCUT2D eigenvalue weighted by molar-refractivity contribution is 6.04. The summed E-state index contributed by atoms with van der Waals surface area (Å²) in [6.45, 7) is 4.31. The van der Waals surface area contributed by atoms with E-state index >= 15 is 0 Å². The Morgan fingerprint density at radius 2 is 1.52 bits per heavy atom. The summed E-state index contributed by atoms with van der Waals surface area (Å²) >= 11 is 0. The van der Waals surface area contributed by atoms with Crippen LogP contribution in [-0.2, 0) is 11.2 Å². The van der Waals surface area contributed by atoms with Crippen molar-refractivity contribution in [2.75, 3.05) is 5.32 Å². The van der Waals surface area contributed by atoms with Crippen LogP contribution in [0.2, 0.25) is 0 Å². The van der Waals surface area contributed by atoms with E-state index in [0.717, 1.165) is 11.3 Å². The highest BCUT2D eigenvalue weighted by atomic mass is 16.5. The third kappa shape index (κ3) is 6.04. The van der Waals surface area contributed by atoms with E-state index in [2.05, 4.69) is 43.4 Å². The molecular weight excluding hydrogens is 362 g/mol. The van der Waals surface area contributed by atoms with E-state index in [9.17, 15) is 9.59 Å². The van der Waals surface area contributed by atoms with Crippen LogP contribution in [0.5, 0.6) is 5.75 Å². The first kappa shape index (κ1) is 20.3. The van der Waals surface area contributed by atoms with Crippen molar-refractivity contribution in [1.29, 1.82) is 0 Å². The van der Waals surface area contributed by atoms with E-state index in [0.29, 0.717) is 30.1 Å². The summed E-state index contributed by atoms with van der Waals surface area (Å²) in [5, 5.41) is 2.82. The number of carbonyl (C=O) groups is 2. The summed E-state index contributed by atoms with van der Waals surface area (Å²) < 4.78 is 5.38. The third-order valence-electron chi connectivity index (χ3n) is 4.64. The van der Waals surface area contributed by atoms with Crippen molar-refractivity contribution in [2.45, 2.75) is 32.6 Å². The standard InChI is InChI=1S/C25H25NO3/c1-18(2)20-11-8-19(9-12-20)10-17-24(27)29-23-15-13-21(14-16-23)25(28)26-22-6-4-3-5-7-22/h3-9,11-16,18H,10,17H2,1-2H3,(H,26,28). The molecule has 0 aliphatic carbocycles. The van der Waals surface area contributed by atoms with Crippen LogP contribution in [0.4, 0.5) is 5.69 Å². The van der Waals surface area contributed by atoms with E-state index < -0.39 is 0 Å². The lowest BCUT2D eigenvalue weighted by Gasteiger charge is -2.08. The molecule has 0 aliphatic heterocycles. The van der Waals surface area contributed by atoms with Crippen molar-refractivity contribution < 1.29 is 14.3 Å². The summed E-state index contributed by atoms with van der Waals surface area (Å²) in [5.74, 6) is 0.423. The van der Waals surface area contributed by atoms with Gasteiger partial charge in [0.25, 0.3) is 5.91 Å². The lowest BCUT2D eigenvalue weighted by Crippen LogP contribution is -2.12. The molecule has 0 bridgehead atoms. The maximum Gasteiger partial charge on any atom is 0.311 e. The number of amides is 1. The first-order chi connectivity index (χ1) is 14.0. The number of ether oxygens (including phenoxy) is 1. The van der Waals surface area contributed by atoms with Gasteiger partial charge in [-0.3, -0.25) is 9.59 Å². The molecule has 0 heterocycles. The molecule has 29 heavy (non-hydrogen) atoms. The second-order valence-corrected chi connectivity index (χ2v) is 7.21. The Morgan fingerprint density at radius 3 is 2.14 bits per heavy atom. The molecule has 0 unspecified atom stereocenters. The Hall–Kier alpha value is -3.40. The van der Waals surface area contributed by atoms with Crippen LogP contribution in [0.15, 0.2) is 78.9 Å². The van der Waals surface area contributed by atoms with E-state index in [1.54, 1.807) is 24.3 Å². The molecule has 0 aliphatic rings. The van der Waals surface area contributed by atoms with Gasteiger partial charge in [-0.25, -0.2) is 0 Å². The van der Waals surface area contributed by atoms with Gasteiger partial charge in [0.1, 0.15) is 5.75 Å². The van der Waals surface area contributed by atoms with Gasteiger partial charge in [0, 0.05) is 17.7 Å². The van der Waals surface area contributed by atoms with Gasteiger partial charge >= 0.3 is 5.97 Å². The number of benzene rings is 3. The van der Waals surface area contributed by atoms with Gasteiger partial charge in [-0.15, -0.1) is 0 Å². The van der Waals surface area contributed by atoms with Crippen molar-refractivity contribution >= 4 is 17.6 Å². The lowest BCUT2D eigenvalue weighted by atomic mass is 10.0. The normalized spacial score (nSPS) is 10.6. The molecule has 0 saturated carbocycles. The summed E-state index contributed by atoms with van der Waals surface area (Å²) in [4.78, 5) is 24.4. The number of para-hydroxylation sites is 1. The molecule has 1 amide bonds. The largest absolute Gasteiger partial charge is 0.427 e. The monoisotopic (exact) mass is 387 g/mol. The summed E-state index contributed by atoms with van der Waals surface area (Å²) in [7, 11) is 0. The minimum Gasteiger partial charge on any atom is -0.427 e. The maximum absolute atomic E-state index is 12.3. The second kappa shape index (κ2) is 9.69. The molecule has 4 heteroatoms. The molecule has 1 N–H and O–H groups in total. The zero-order chi connectivity index (χ0) is 20.6. The molecule has 0 saturated heterocycles. The molecule has 0 radical (unpaired) electrons. The van der Waals surface area contributed by atoms with Crippen molar-refractivity contribution in [3.63, 3.8) is 0 Å². The van der Waals surface area contributed by atoms with Crippen LogP contribution in [0.1, 0.15) is 47.7 Å². The van der Waals surface area contributed by atoms with Crippen molar-refractivity contribution in [3.8, 4) is 5.75 Å². The predicted octanol–water partition coefficient (Wildman–Crippen LogP) is 5.60. The minimum absolute atomic E-state index is 0.209. The Bertz CT molecular complexity index is 946. The van der Waals surface area contributed by atoms with E-state index in [-0.39, 0.29) is 11.9 Å². The van der Waals surface area contributed by atoms with Crippen LogP contribution < -0.4 is 10.1 Å². The lowest BCUT2D eigenvalue weighted by molar-refractivity contribution is -0.134. The van der Waals surface area contributed by atoms with Crippen LogP contribution in [0.3, 0.4) is 0 Å². The number of hydrogen-bond acceptors (Lipinski definition) is 3. The van der Waals surface area contributed by atoms with Crippen molar-refractivity contribution in [3.05, 3.63) is 95.6 Å². The second-order valence-electron chi connectivity index (χ2n) is 7.21. The van der Waals surface area contributed by atoms with Crippen LogP contribution >= 0.6 is 0 Å². The topological polar surface area (TPSA) is 55.4 Å². The predicted molar refractivity (Wildman–Crippen MR) is 115 cm³/mol. The Labute approximate surface area is 171 Å². The van der Waals surface area contributed by atoms with Gasteiger partial charge in [0.15, 0.2) is 0 Å². The number of nitrogens with one attached hydrogen (secondary N) is 1. The highest BCUT2D eigenvalue weighted by Gasteiger charge is 2.09. The molecule has 0 fully saturated rings. The van der Waals surface area contributed by atoms with E-state index in [1.165, 1.54) is 5.56 Å². The fraction of sp³-hybridized carbons (Fsp3) is 0.200. The molecule has 3 aromatic rings. The fourth-order valence-corrected chi connectivity index (χ4v) is 2.90. The molecule has 4 nitrogen and oxygen atoms in total. The van der Waals surface area contributed by atoms with Gasteiger partial charge in [0.2, 0.25) is 0 Å². The quantitative estimate of drug-likeness (QED) is 0.424. The Morgan fingerprint density at radius 1 is 0.862 bits per heavy atom. The van der Waals surface area contributed by atoms with Gasteiger partial charge in [-0.1, -0.05) is 56.3 Å². The highest BCUT2D eigenvalue weighted by Crippen LogP contribution is 2.17. The molecule has 0 spiro atoms. The summed E-state index contributed by atoms with van der Waals surface area (Å²) in [5.41, 5.74) is 3.63. The molecule has 3 rings (SSSR count). The van der Waals surface area contributed by atoms with Gasteiger partial charge < -0.3 is 10.1 Å².